The van der Waals surface area contributed by atoms with Gasteiger partial charge in [-0.05, 0) is 35.8 Å². The Morgan fingerprint density at radius 3 is 2.50 bits per heavy atom. The Kier molecular flexibility index (Phi) is 3.88. The highest BCUT2D eigenvalue weighted by molar-refractivity contribution is 5.79. The van der Waals surface area contributed by atoms with E-state index < -0.39 is 0 Å². The zero-order valence-corrected chi connectivity index (χ0v) is 12.8. The van der Waals surface area contributed by atoms with Crippen LogP contribution >= 0.6 is 0 Å². The molecule has 2 aromatic carbocycles. The molecular weight excluding hydrogens is 272 g/mol. The van der Waals surface area contributed by atoms with Crippen LogP contribution in [-0.2, 0) is 13.5 Å². The molecule has 3 rings (SSSR count). The zero-order valence-electron chi connectivity index (χ0n) is 12.8. The summed E-state index contributed by atoms with van der Waals surface area (Å²) < 4.78 is 1.58. The molecule has 0 saturated carbocycles. The molecule has 0 aliphatic rings. The maximum Gasteiger partial charge on any atom is 0.261 e. The number of nitrogens with zero attached hydrogens (tertiary/aromatic N) is 2. The molecular formula is C19H18N2O. The minimum atomic E-state index is -0.0217. The summed E-state index contributed by atoms with van der Waals surface area (Å²) in [6, 6.07) is 15.8. The van der Waals surface area contributed by atoms with Crippen molar-refractivity contribution in [2.24, 2.45) is 7.05 Å². The SMILES string of the molecule is CCc1ccc(C=Cc2nc3ccccc3c(=O)n2C)cc1. The molecule has 0 amide bonds. The largest absolute Gasteiger partial charge is 0.296 e. The van der Waals surface area contributed by atoms with E-state index in [9.17, 15) is 4.79 Å². The molecule has 0 aliphatic carbocycles. The number of aromatic nitrogens is 2. The minimum absolute atomic E-state index is 0.0217. The fourth-order valence-electron chi connectivity index (χ4n) is 2.42. The lowest BCUT2D eigenvalue weighted by Crippen LogP contribution is -2.20. The molecule has 1 heterocycles. The van der Waals surface area contributed by atoms with Gasteiger partial charge < -0.3 is 0 Å². The quantitative estimate of drug-likeness (QED) is 0.737. The number of hydrogen-bond acceptors (Lipinski definition) is 2. The molecule has 0 N–H and O–H groups in total. The molecule has 0 unspecified atom stereocenters. The number of para-hydroxylation sites is 1. The van der Waals surface area contributed by atoms with Crippen molar-refractivity contribution < 1.29 is 0 Å². The number of hydrogen-bond donors (Lipinski definition) is 0. The summed E-state index contributed by atoms with van der Waals surface area (Å²) >= 11 is 0. The molecule has 3 aromatic rings. The van der Waals surface area contributed by atoms with E-state index in [2.05, 4.69) is 36.2 Å². The Hall–Kier alpha value is -2.68. The van der Waals surface area contributed by atoms with Gasteiger partial charge in [-0.2, -0.15) is 0 Å². The van der Waals surface area contributed by atoms with Crippen molar-refractivity contribution in [1.29, 1.82) is 0 Å². The molecule has 0 atom stereocenters. The minimum Gasteiger partial charge on any atom is -0.296 e. The summed E-state index contributed by atoms with van der Waals surface area (Å²) in [5.74, 6) is 0.656. The zero-order chi connectivity index (χ0) is 15.5. The van der Waals surface area contributed by atoms with E-state index in [0.717, 1.165) is 17.5 Å². The van der Waals surface area contributed by atoms with Gasteiger partial charge in [0.2, 0.25) is 0 Å². The second-order valence-corrected chi connectivity index (χ2v) is 5.28. The lowest BCUT2D eigenvalue weighted by Gasteiger charge is -2.05. The van der Waals surface area contributed by atoms with Crippen LogP contribution in [-0.4, -0.2) is 9.55 Å². The number of rotatable bonds is 3. The summed E-state index contributed by atoms with van der Waals surface area (Å²) in [6.45, 7) is 2.14. The third-order valence-corrected chi connectivity index (χ3v) is 3.83. The van der Waals surface area contributed by atoms with Crippen molar-refractivity contribution in [3.63, 3.8) is 0 Å². The highest BCUT2D eigenvalue weighted by Crippen LogP contribution is 2.11. The maximum atomic E-state index is 12.3. The highest BCUT2D eigenvalue weighted by Gasteiger charge is 2.04. The molecule has 22 heavy (non-hydrogen) atoms. The van der Waals surface area contributed by atoms with Crippen molar-refractivity contribution in [3.05, 3.63) is 75.8 Å². The molecule has 3 nitrogen and oxygen atoms in total. The lowest BCUT2D eigenvalue weighted by molar-refractivity contribution is 0.828. The third-order valence-electron chi connectivity index (χ3n) is 3.83. The molecule has 0 bridgehead atoms. The van der Waals surface area contributed by atoms with Gasteiger partial charge in [0, 0.05) is 7.05 Å². The van der Waals surface area contributed by atoms with Gasteiger partial charge in [-0.3, -0.25) is 9.36 Å². The van der Waals surface area contributed by atoms with Crippen LogP contribution in [0, 0.1) is 0 Å². The maximum absolute atomic E-state index is 12.3. The van der Waals surface area contributed by atoms with E-state index in [4.69, 9.17) is 0 Å². The van der Waals surface area contributed by atoms with E-state index >= 15 is 0 Å². The van der Waals surface area contributed by atoms with Gasteiger partial charge in [0.15, 0.2) is 0 Å². The summed E-state index contributed by atoms with van der Waals surface area (Å²) in [5, 5.41) is 0.648. The summed E-state index contributed by atoms with van der Waals surface area (Å²) in [4.78, 5) is 16.9. The summed E-state index contributed by atoms with van der Waals surface area (Å²) in [5.41, 5.74) is 3.12. The van der Waals surface area contributed by atoms with Crippen molar-refractivity contribution in [1.82, 2.24) is 9.55 Å². The highest BCUT2D eigenvalue weighted by atomic mass is 16.1. The smallest absolute Gasteiger partial charge is 0.261 e. The molecule has 1 aromatic heterocycles. The average molecular weight is 290 g/mol. The number of fused-ring (bicyclic) bond motifs is 1. The molecule has 3 heteroatoms. The van der Waals surface area contributed by atoms with E-state index in [0.29, 0.717) is 11.2 Å². The summed E-state index contributed by atoms with van der Waals surface area (Å²) in [6.07, 6.45) is 4.90. The Morgan fingerprint density at radius 2 is 1.77 bits per heavy atom. The van der Waals surface area contributed by atoms with Crippen LogP contribution in [0.2, 0.25) is 0 Å². The van der Waals surface area contributed by atoms with E-state index in [1.54, 1.807) is 11.6 Å². The molecule has 0 fully saturated rings. The van der Waals surface area contributed by atoms with Gasteiger partial charge in [0.05, 0.1) is 10.9 Å². The van der Waals surface area contributed by atoms with Crippen molar-refractivity contribution in [2.75, 3.05) is 0 Å². The normalized spacial score (nSPS) is 11.4. The van der Waals surface area contributed by atoms with E-state index in [1.165, 1.54) is 5.56 Å². The third kappa shape index (κ3) is 2.70. The number of benzene rings is 2. The first-order chi connectivity index (χ1) is 10.7. The fourth-order valence-corrected chi connectivity index (χ4v) is 2.42. The molecule has 0 spiro atoms. The Bertz CT molecular complexity index is 889. The van der Waals surface area contributed by atoms with Crippen molar-refractivity contribution >= 4 is 23.1 Å². The molecule has 110 valence electrons. The Balaban J connectivity index is 2.01. The molecule has 0 aliphatic heterocycles. The second-order valence-electron chi connectivity index (χ2n) is 5.28. The average Bonchev–Trinajstić information content (AvgIpc) is 2.57. The van der Waals surface area contributed by atoms with E-state index in [-0.39, 0.29) is 5.56 Å². The van der Waals surface area contributed by atoms with Crippen LogP contribution in [0.5, 0.6) is 0 Å². The summed E-state index contributed by atoms with van der Waals surface area (Å²) in [7, 11) is 1.75. The monoisotopic (exact) mass is 290 g/mol. The predicted octanol–water partition coefficient (Wildman–Crippen LogP) is 3.67. The Labute approximate surface area is 129 Å². The first-order valence-corrected chi connectivity index (χ1v) is 7.42. The van der Waals surface area contributed by atoms with Crippen LogP contribution in [0.3, 0.4) is 0 Å². The molecule has 0 radical (unpaired) electrons. The van der Waals surface area contributed by atoms with Gasteiger partial charge in [0.1, 0.15) is 5.82 Å². The molecule has 0 saturated heterocycles. The van der Waals surface area contributed by atoms with Crippen LogP contribution in [0.1, 0.15) is 23.9 Å². The van der Waals surface area contributed by atoms with Gasteiger partial charge in [0.25, 0.3) is 5.56 Å². The Morgan fingerprint density at radius 1 is 1.05 bits per heavy atom. The van der Waals surface area contributed by atoms with E-state index in [1.807, 2.05) is 36.4 Å². The lowest BCUT2D eigenvalue weighted by atomic mass is 10.1. The predicted molar refractivity (Wildman–Crippen MR) is 91.7 cm³/mol. The fraction of sp³-hybridized carbons (Fsp3) is 0.158. The first kappa shape index (κ1) is 14.3. The van der Waals surface area contributed by atoms with Crippen molar-refractivity contribution in [2.45, 2.75) is 13.3 Å². The van der Waals surface area contributed by atoms with Crippen LogP contribution in [0.4, 0.5) is 0 Å². The topological polar surface area (TPSA) is 34.9 Å². The standard InChI is InChI=1S/C19H18N2O/c1-3-14-8-10-15(11-9-14)12-13-18-20-17-7-5-4-6-16(17)19(22)21(18)2/h4-13H,3H2,1-2H3. The van der Waals surface area contributed by atoms with Gasteiger partial charge in [-0.1, -0.05) is 49.4 Å². The van der Waals surface area contributed by atoms with Crippen molar-refractivity contribution in [3.8, 4) is 0 Å². The van der Waals surface area contributed by atoms with Crippen LogP contribution in [0.25, 0.3) is 23.1 Å². The number of aryl methyl sites for hydroxylation is 1. The first-order valence-electron chi connectivity index (χ1n) is 7.42. The van der Waals surface area contributed by atoms with Crippen LogP contribution in [0.15, 0.2) is 53.3 Å². The van der Waals surface area contributed by atoms with Gasteiger partial charge in [-0.25, -0.2) is 4.98 Å². The van der Waals surface area contributed by atoms with Gasteiger partial charge >= 0.3 is 0 Å². The van der Waals surface area contributed by atoms with Crippen LogP contribution < -0.4 is 5.56 Å². The van der Waals surface area contributed by atoms with Gasteiger partial charge in [-0.15, -0.1) is 0 Å². The second kappa shape index (κ2) is 5.98.